The Labute approximate surface area is 153 Å². The van der Waals surface area contributed by atoms with E-state index in [1.54, 1.807) is 0 Å². The van der Waals surface area contributed by atoms with Crippen molar-refractivity contribution in [2.75, 3.05) is 13.2 Å². The Bertz CT molecular complexity index is 774. The Morgan fingerprint density at radius 2 is 2.12 bits per heavy atom. The van der Waals surface area contributed by atoms with Gasteiger partial charge in [0.1, 0.15) is 0 Å². The Morgan fingerprint density at radius 3 is 2.92 bits per heavy atom. The minimum atomic E-state index is -0.0814. The van der Waals surface area contributed by atoms with Crippen molar-refractivity contribution in [1.29, 1.82) is 0 Å². The van der Waals surface area contributed by atoms with Crippen LogP contribution in [0, 0.1) is 0 Å². The molecule has 0 saturated heterocycles. The van der Waals surface area contributed by atoms with Crippen LogP contribution in [0.5, 0.6) is 0 Å². The van der Waals surface area contributed by atoms with Crippen molar-refractivity contribution in [2.24, 2.45) is 0 Å². The van der Waals surface area contributed by atoms with Crippen LogP contribution in [0.3, 0.4) is 0 Å². The van der Waals surface area contributed by atoms with E-state index < -0.39 is 0 Å². The van der Waals surface area contributed by atoms with Gasteiger partial charge in [-0.3, -0.25) is 9.78 Å². The number of pyridine rings is 1. The van der Waals surface area contributed by atoms with Crippen molar-refractivity contribution in [3.8, 4) is 0 Å². The molecule has 1 aromatic carbocycles. The molecule has 1 aromatic heterocycles. The molecule has 0 atom stereocenters. The standard InChI is InChI=1S/C20H25ClN2O2/c1-13(2)25-11-5-10-22-20(24)14-8-9-16-18(12-14)23-17-7-4-3-6-15(17)19(16)21/h8-9,12-13H,3-7,10-11H2,1-2H3,(H,22,24). The number of aryl methyl sites for hydroxylation is 1. The largest absolute Gasteiger partial charge is 0.379 e. The highest BCUT2D eigenvalue weighted by atomic mass is 35.5. The van der Waals surface area contributed by atoms with Crippen LogP contribution in [0.2, 0.25) is 5.02 Å². The topological polar surface area (TPSA) is 51.2 Å². The Balaban J connectivity index is 1.71. The molecule has 1 heterocycles. The van der Waals surface area contributed by atoms with Gasteiger partial charge in [-0.2, -0.15) is 0 Å². The van der Waals surface area contributed by atoms with E-state index in [2.05, 4.69) is 5.32 Å². The van der Waals surface area contributed by atoms with Crippen LogP contribution >= 0.6 is 11.6 Å². The van der Waals surface area contributed by atoms with Crippen LogP contribution in [-0.4, -0.2) is 30.1 Å². The molecule has 0 bridgehead atoms. The molecule has 134 valence electrons. The highest BCUT2D eigenvalue weighted by Gasteiger charge is 2.17. The Morgan fingerprint density at radius 1 is 1.32 bits per heavy atom. The molecule has 3 rings (SSSR count). The maximum Gasteiger partial charge on any atom is 0.251 e. The zero-order valence-corrected chi connectivity index (χ0v) is 15.7. The number of hydrogen-bond donors (Lipinski definition) is 1. The molecule has 1 amide bonds. The van der Waals surface area contributed by atoms with Gasteiger partial charge < -0.3 is 10.1 Å². The number of carbonyl (C=O) groups excluding carboxylic acids is 1. The number of ether oxygens (including phenoxy) is 1. The van der Waals surface area contributed by atoms with Crippen molar-refractivity contribution >= 4 is 28.4 Å². The molecule has 1 aliphatic carbocycles. The molecule has 2 aromatic rings. The Hall–Kier alpha value is -1.65. The van der Waals surface area contributed by atoms with Crippen LogP contribution < -0.4 is 5.32 Å². The molecule has 5 heteroatoms. The van der Waals surface area contributed by atoms with Gasteiger partial charge in [0.2, 0.25) is 0 Å². The average Bonchev–Trinajstić information content (AvgIpc) is 2.61. The first-order valence-corrected chi connectivity index (χ1v) is 9.45. The molecule has 0 radical (unpaired) electrons. The molecule has 0 aliphatic heterocycles. The predicted octanol–water partition coefficient (Wildman–Crippen LogP) is 4.31. The number of carbonyl (C=O) groups is 1. The summed E-state index contributed by atoms with van der Waals surface area (Å²) in [6.07, 6.45) is 5.31. The maximum absolute atomic E-state index is 12.3. The van der Waals surface area contributed by atoms with Crippen molar-refractivity contribution < 1.29 is 9.53 Å². The summed E-state index contributed by atoms with van der Waals surface area (Å²) in [5.74, 6) is -0.0814. The van der Waals surface area contributed by atoms with E-state index >= 15 is 0 Å². The number of nitrogens with one attached hydrogen (secondary N) is 1. The fraction of sp³-hybridized carbons (Fsp3) is 0.500. The van der Waals surface area contributed by atoms with Gasteiger partial charge in [-0.25, -0.2) is 0 Å². The second-order valence-corrected chi connectivity index (χ2v) is 7.20. The van der Waals surface area contributed by atoms with Gasteiger partial charge in [-0.05, 0) is 63.6 Å². The van der Waals surface area contributed by atoms with Gasteiger partial charge in [0, 0.05) is 29.8 Å². The third kappa shape index (κ3) is 4.31. The minimum Gasteiger partial charge on any atom is -0.379 e. The van der Waals surface area contributed by atoms with E-state index in [0.29, 0.717) is 18.7 Å². The summed E-state index contributed by atoms with van der Waals surface area (Å²) in [6.45, 7) is 5.26. The fourth-order valence-corrected chi connectivity index (χ4v) is 3.57. The van der Waals surface area contributed by atoms with E-state index in [-0.39, 0.29) is 12.0 Å². The van der Waals surface area contributed by atoms with E-state index in [9.17, 15) is 4.79 Å². The average molecular weight is 361 g/mol. The van der Waals surface area contributed by atoms with Crippen LogP contribution in [0.25, 0.3) is 10.9 Å². The quantitative estimate of drug-likeness (QED) is 0.781. The number of benzene rings is 1. The number of nitrogens with zero attached hydrogens (tertiary/aromatic N) is 1. The van der Waals surface area contributed by atoms with E-state index in [1.807, 2.05) is 32.0 Å². The molecule has 1 N–H and O–H groups in total. The molecule has 4 nitrogen and oxygen atoms in total. The van der Waals surface area contributed by atoms with Crippen molar-refractivity contribution in [1.82, 2.24) is 10.3 Å². The summed E-state index contributed by atoms with van der Waals surface area (Å²) in [5.41, 5.74) is 3.70. The molecule has 0 spiro atoms. The molecule has 1 aliphatic rings. The summed E-state index contributed by atoms with van der Waals surface area (Å²) in [4.78, 5) is 17.1. The van der Waals surface area contributed by atoms with E-state index in [1.165, 1.54) is 12.0 Å². The number of amides is 1. The van der Waals surface area contributed by atoms with Gasteiger partial charge in [0.25, 0.3) is 5.91 Å². The summed E-state index contributed by atoms with van der Waals surface area (Å²) < 4.78 is 5.48. The molecule has 25 heavy (non-hydrogen) atoms. The number of aromatic nitrogens is 1. The molecule has 0 unspecified atom stereocenters. The SMILES string of the molecule is CC(C)OCCCNC(=O)c1ccc2c(Cl)c3c(nc2c1)CCCC3. The number of fused-ring (bicyclic) bond motifs is 2. The highest BCUT2D eigenvalue weighted by Crippen LogP contribution is 2.33. The highest BCUT2D eigenvalue weighted by molar-refractivity contribution is 6.36. The second-order valence-electron chi connectivity index (χ2n) is 6.82. The number of rotatable bonds is 6. The summed E-state index contributed by atoms with van der Waals surface area (Å²) in [6, 6.07) is 5.58. The van der Waals surface area contributed by atoms with Crippen LogP contribution in [0.15, 0.2) is 18.2 Å². The fourth-order valence-electron chi connectivity index (χ4n) is 3.20. The molecular formula is C20H25ClN2O2. The minimum absolute atomic E-state index is 0.0814. The summed E-state index contributed by atoms with van der Waals surface area (Å²) in [7, 11) is 0. The smallest absolute Gasteiger partial charge is 0.251 e. The predicted molar refractivity (Wildman–Crippen MR) is 101 cm³/mol. The van der Waals surface area contributed by atoms with Crippen molar-refractivity contribution in [2.45, 2.75) is 52.1 Å². The van der Waals surface area contributed by atoms with Gasteiger partial charge in [-0.1, -0.05) is 17.7 Å². The first-order chi connectivity index (χ1) is 12.1. The first kappa shape index (κ1) is 18.2. The molecule has 0 fully saturated rings. The third-order valence-electron chi connectivity index (χ3n) is 4.51. The van der Waals surface area contributed by atoms with Crippen LogP contribution in [0.4, 0.5) is 0 Å². The van der Waals surface area contributed by atoms with E-state index in [0.717, 1.165) is 47.3 Å². The zero-order chi connectivity index (χ0) is 17.8. The van der Waals surface area contributed by atoms with Gasteiger partial charge in [-0.15, -0.1) is 0 Å². The van der Waals surface area contributed by atoms with Crippen LogP contribution in [-0.2, 0) is 17.6 Å². The lowest BCUT2D eigenvalue weighted by atomic mass is 9.94. The third-order valence-corrected chi connectivity index (χ3v) is 4.95. The Kier molecular flexibility index (Phi) is 5.92. The normalized spacial score (nSPS) is 13.9. The van der Waals surface area contributed by atoms with Crippen molar-refractivity contribution in [3.05, 3.63) is 40.0 Å². The van der Waals surface area contributed by atoms with Crippen molar-refractivity contribution in [3.63, 3.8) is 0 Å². The first-order valence-electron chi connectivity index (χ1n) is 9.07. The monoisotopic (exact) mass is 360 g/mol. The van der Waals surface area contributed by atoms with Gasteiger partial charge in [0.05, 0.1) is 16.6 Å². The number of hydrogen-bond acceptors (Lipinski definition) is 3. The lowest BCUT2D eigenvalue weighted by Gasteiger charge is -2.18. The second kappa shape index (κ2) is 8.15. The van der Waals surface area contributed by atoms with Crippen LogP contribution in [0.1, 0.15) is 54.7 Å². The summed E-state index contributed by atoms with van der Waals surface area (Å²) in [5, 5.41) is 4.67. The molecule has 0 saturated carbocycles. The van der Waals surface area contributed by atoms with E-state index in [4.69, 9.17) is 21.3 Å². The van der Waals surface area contributed by atoms with Gasteiger partial charge in [0.15, 0.2) is 0 Å². The maximum atomic E-state index is 12.3. The van der Waals surface area contributed by atoms with Gasteiger partial charge >= 0.3 is 0 Å². The molecular weight excluding hydrogens is 336 g/mol. The lowest BCUT2D eigenvalue weighted by molar-refractivity contribution is 0.0757. The number of halogens is 1. The zero-order valence-electron chi connectivity index (χ0n) is 14.9. The lowest BCUT2D eigenvalue weighted by Crippen LogP contribution is -2.25. The summed E-state index contributed by atoms with van der Waals surface area (Å²) >= 11 is 6.58.